The molecule has 0 N–H and O–H groups in total. The third-order valence-electron chi connectivity index (χ3n) is 5.69. The number of fused-ring (bicyclic) bond motifs is 4. The fourth-order valence-corrected chi connectivity index (χ4v) is 5.09. The van der Waals surface area contributed by atoms with Crippen LogP contribution in [0, 0.1) is 6.92 Å². The first-order valence-corrected chi connectivity index (χ1v) is 11.3. The number of aryl methyl sites for hydroxylation is 1. The molecule has 0 bridgehead atoms. The molecule has 0 saturated carbocycles. The monoisotopic (exact) mass is 414 g/mol. The van der Waals surface area contributed by atoms with Gasteiger partial charge >= 0.3 is 0 Å². The summed E-state index contributed by atoms with van der Waals surface area (Å²) >= 11 is 1.77. The van der Waals surface area contributed by atoms with Gasteiger partial charge in [0.25, 0.3) is 0 Å². The number of pyridine rings is 1. The first-order valence-electron chi connectivity index (χ1n) is 10.5. The zero-order valence-electron chi connectivity index (χ0n) is 18.3. The van der Waals surface area contributed by atoms with Gasteiger partial charge in [-0.1, -0.05) is 46.8 Å². The highest BCUT2D eigenvalue weighted by Gasteiger charge is 2.21. The van der Waals surface area contributed by atoms with Gasteiger partial charge in [0, 0.05) is 34.0 Å². The lowest BCUT2D eigenvalue weighted by molar-refractivity contribution is 0.587. The fourth-order valence-electron chi connectivity index (χ4n) is 4.05. The number of rotatable bonds is 2. The van der Waals surface area contributed by atoms with E-state index in [-0.39, 0.29) is 5.41 Å². The summed E-state index contributed by atoms with van der Waals surface area (Å²) in [6.45, 7) is 13.2. The van der Waals surface area contributed by atoms with E-state index in [0.717, 1.165) is 43.7 Å². The molecule has 0 saturated heterocycles. The Labute approximate surface area is 180 Å². The Balaban J connectivity index is 1.74. The van der Waals surface area contributed by atoms with Gasteiger partial charge in [-0.25, -0.2) is 4.98 Å². The van der Waals surface area contributed by atoms with Crippen LogP contribution in [-0.2, 0) is 5.41 Å². The topological polar surface area (TPSA) is 38.9 Å². The molecule has 4 heteroatoms. The van der Waals surface area contributed by atoms with E-state index in [1.165, 1.54) is 15.8 Å². The Morgan fingerprint density at radius 3 is 2.57 bits per heavy atom. The van der Waals surface area contributed by atoms with E-state index in [1.807, 2.05) is 6.20 Å². The molecule has 0 atom stereocenters. The van der Waals surface area contributed by atoms with Gasteiger partial charge in [0.05, 0.1) is 20.9 Å². The molecule has 3 heterocycles. The van der Waals surface area contributed by atoms with Crippen LogP contribution in [0.15, 0.2) is 47.0 Å². The predicted octanol–water partition coefficient (Wildman–Crippen LogP) is 7.99. The number of aromatic nitrogens is 2. The van der Waals surface area contributed by atoms with Gasteiger partial charge in [0.2, 0.25) is 0 Å². The van der Waals surface area contributed by atoms with Crippen molar-refractivity contribution in [3.63, 3.8) is 0 Å². The number of para-hydroxylation sites is 1. The molecule has 2 aromatic carbocycles. The predicted molar refractivity (Wildman–Crippen MR) is 128 cm³/mol. The highest BCUT2D eigenvalue weighted by Crippen LogP contribution is 2.39. The minimum atomic E-state index is 0.0469. The molecule has 30 heavy (non-hydrogen) atoms. The van der Waals surface area contributed by atoms with E-state index < -0.39 is 0 Å². The standard InChI is InChI=1S/C26H26N2OS/c1-14(2)18-10-20(27-13-15(18)3)17-9-7-8-16-19-11-23-21(12-22(19)29-24(16)17)28-25(30-23)26(4,5)6/h7-14H,1-6H3. The van der Waals surface area contributed by atoms with Gasteiger partial charge in [-0.15, -0.1) is 11.3 Å². The van der Waals surface area contributed by atoms with Crippen molar-refractivity contribution in [2.45, 2.75) is 52.9 Å². The van der Waals surface area contributed by atoms with Gasteiger partial charge < -0.3 is 4.42 Å². The third kappa shape index (κ3) is 3.02. The number of furan rings is 1. The van der Waals surface area contributed by atoms with Gasteiger partial charge in [0.1, 0.15) is 11.2 Å². The Morgan fingerprint density at radius 1 is 1.03 bits per heavy atom. The first kappa shape index (κ1) is 19.3. The lowest BCUT2D eigenvalue weighted by Gasteiger charge is -2.13. The maximum atomic E-state index is 6.40. The van der Waals surface area contributed by atoms with Crippen molar-refractivity contribution < 1.29 is 4.42 Å². The van der Waals surface area contributed by atoms with Crippen LogP contribution >= 0.6 is 11.3 Å². The highest BCUT2D eigenvalue weighted by atomic mass is 32.1. The van der Waals surface area contributed by atoms with E-state index in [9.17, 15) is 0 Å². The molecule has 5 aromatic rings. The van der Waals surface area contributed by atoms with Crippen molar-refractivity contribution in [3.8, 4) is 11.3 Å². The van der Waals surface area contributed by atoms with E-state index in [0.29, 0.717) is 5.92 Å². The molecule has 3 nitrogen and oxygen atoms in total. The van der Waals surface area contributed by atoms with Crippen LogP contribution in [0.1, 0.15) is 56.7 Å². The summed E-state index contributed by atoms with van der Waals surface area (Å²) in [5.74, 6) is 0.455. The summed E-state index contributed by atoms with van der Waals surface area (Å²) in [7, 11) is 0. The third-order valence-corrected chi connectivity index (χ3v) is 7.14. The number of thiazole rings is 1. The quantitative estimate of drug-likeness (QED) is 0.294. The van der Waals surface area contributed by atoms with Crippen molar-refractivity contribution in [2.24, 2.45) is 0 Å². The summed E-state index contributed by atoms with van der Waals surface area (Å²) in [5.41, 5.74) is 7.39. The Morgan fingerprint density at radius 2 is 1.83 bits per heavy atom. The minimum absolute atomic E-state index is 0.0469. The summed E-state index contributed by atoms with van der Waals surface area (Å²) in [5, 5.41) is 3.42. The Hall–Kier alpha value is -2.72. The second-order valence-electron chi connectivity index (χ2n) is 9.45. The van der Waals surface area contributed by atoms with Crippen LogP contribution in [0.3, 0.4) is 0 Å². The van der Waals surface area contributed by atoms with E-state index in [4.69, 9.17) is 14.4 Å². The van der Waals surface area contributed by atoms with Crippen LogP contribution in [-0.4, -0.2) is 9.97 Å². The van der Waals surface area contributed by atoms with Crippen LogP contribution in [0.25, 0.3) is 43.4 Å². The second kappa shape index (κ2) is 6.64. The zero-order chi connectivity index (χ0) is 21.2. The average molecular weight is 415 g/mol. The molecule has 0 fully saturated rings. The van der Waals surface area contributed by atoms with Gasteiger partial charge in [-0.2, -0.15) is 0 Å². The van der Waals surface area contributed by atoms with Gasteiger partial charge in [-0.05, 0) is 42.2 Å². The summed E-state index contributed by atoms with van der Waals surface area (Å²) in [4.78, 5) is 9.60. The van der Waals surface area contributed by atoms with Gasteiger partial charge in [0.15, 0.2) is 0 Å². The lowest BCUT2D eigenvalue weighted by Crippen LogP contribution is -2.09. The molecule has 3 aromatic heterocycles. The SMILES string of the molecule is Cc1cnc(-c2cccc3c2oc2cc4nc(C(C)(C)C)sc4cc23)cc1C(C)C. The molecule has 0 aliphatic heterocycles. The van der Waals surface area contributed by atoms with Crippen LogP contribution in [0.5, 0.6) is 0 Å². The Bertz CT molecular complexity index is 1420. The molecule has 152 valence electrons. The van der Waals surface area contributed by atoms with E-state index in [1.54, 1.807) is 11.3 Å². The Kier molecular flexibility index (Phi) is 4.26. The maximum Gasteiger partial charge on any atom is 0.144 e. The van der Waals surface area contributed by atoms with Crippen molar-refractivity contribution in [1.29, 1.82) is 0 Å². The number of nitrogens with zero attached hydrogens (tertiary/aromatic N) is 2. The molecule has 0 amide bonds. The maximum absolute atomic E-state index is 6.40. The van der Waals surface area contributed by atoms with Crippen LogP contribution in [0.2, 0.25) is 0 Å². The average Bonchev–Trinajstić information content (AvgIpc) is 3.26. The van der Waals surface area contributed by atoms with E-state index in [2.05, 4.69) is 77.9 Å². The lowest BCUT2D eigenvalue weighted by atomic mass is 9.97. The molecular formula is C26H26N2OS. The number of hydrogen-bond donors (Lipinski definition) is 0. The molecule has 0 radical (unpaired) electrons. The van der Waals surface area contributed by atoms with E-state index >= 15 is 0 Å². The summed E-state index contributed by atoms with van der Waals surface area (Å²) in [6, 6.07) is 12.9. The molecule has 0 unspecified atom stereocenters. The fraction of sp³-hybridized carbons (Fsp3) is 0.308. The summed E-state index contributed by atoms with van der Waals surface area (Å²) in [6.07, 6.45) is 1.97. The normalized spacial score (nSPS) is 12.6. The van der Waals surface area contributed by atoms with Crippen molar-refractivity contribution >= 4 is 43.5 Å². The zero-order valence-corrected chi connectivity index (χ0v) is 19.1. The first-order chi connectivity index (χ1) is 14.2. The number of hydrogen-bond acceptors (Lipinski definition) is 4. The van der Waals surface area contributed by atoms with Gasteiger partial charge in [-0.3, -0.25) is 4.98 Å². The van der Waals surface area contributed by atoms with Crippen LogP contribution < -0.4 is 0 Å². The van der Waals surface area contributed by atoms with Crippen molar-refractivity contribution in [1.82, 2.24) is 9.97 Å². The molecule has 5 rings (SSSR count). The molecule has 0 aliphatic rings. The van der Waals surface area contributed by atoms with Crippen molar-refractivity contribution in [3.05, 3.63) is 58.7 Å². The second-order valence-corrected chi connectivity index (χ2v) is 10.5. The molecule has 0 spiro atoms. The molecular weight excluding hydrogens is 388 g/mol. The van der Waals surface area contributed by atoms with Crippen molar-refractivity contribution in [2.75, 3.05) is 0 Å². The smallest absolute Gasteiger partial charge is 0.144 e. The van der Waals surface area contributed by atoms with Crippen LogP contribution in [0.4, 0.5) is 0 Å². The highest BCUT2D eigenvalue weighted by molar-refractivity contribution is 7.18. The minimum Gasteiger partial charge on any atom is -0.455 e. The molecule has 0 aliphatic carbocycles. The number of benzene rings is 2. The summed E-state index contributed by atoms with van der Waals surface area (Å²) < 4.78 is 7.60. The largest absolute Gasteiger partial charge is 0.455 e.